The minimum atomic E-state index is -0.648. The van der Waals surface area contributed by atoms with Gasteiger partial charge in [0.15, 0.2) is 11.5 Å². The average molecular weight is 312 g/mol. The average Bonchev–Trinajstić information content (AvgIpc) is 3.00. The molecule has 3 rings (SSSR count). The van der Waals surface area contributed by atoms with Gasteiger partial charge in [0, 0.05) is 12.5 Å². The number of rotatable bonds is 4. The van der Waals surface area contributed by atoms with E-state index >= 15 is 0 Å². The van der Waals surface area contributed by atoms with Gasteiger partial charge in [-0.15, -0.1) is 0 Å². The number of aryl methyl sites for hydroxylation is 1. The van der Waals surface area contributed by atoms with Crippen molar-refractivity contribution in [2.75, 3.05) is 20.8 Å². The van der Waals surface area contributed by atoms with Crippen LogP contribution in [0.5, 0.6) is 11.5 Å². The molecular formula is C18H21BO4. The molecule has 0 radical (unpaired) electrons. The molecule has 1 saturated heterocycles. The molecule has 23 heavy (non-hydrogen) atoms. The molecule has 0 amide bonds. The lowest BCUT2D eigenvalue weighted by molar-refractivity contribution is 0.292. The van der Waals surface area contributed by atoms with E-state index in [0.29, 0.717) is 18.7 Å². The van der Waals surface area contributed by atoms with E-state index in [1.54, 1.807) is 14.2 Å². The first-order valence-electron chi connectivity index (χ1n) is 7.74. The minimum Gasteiger partial charge on any atom is -0.493 e. The van der Waals surface area contributed by atoms with Crippen LogP contribution in [0, 0.1) is 6.92 Å². The highest BCUT2D eigenvalue weighted by Crippen LogP contribution is 2.35. The summed E-state index contributed by atoms with van der Waals surface area (Å²) in [6, 6.07) is 12.4. The molecule has 120 valence electrons. The number of methoxy groups -OCH3 is 2. The second-order valence-corrected chi connectivity index (χ2v) is 5.92. The first kappa shape index (κ1) is 15.9. The Bertz CT molecular complexity index is 701. The summed E-state index contributed by atoms with van der Waals surface area (Å²) in [5.74, 6) is 1.67. The fourth-order valence-corrected chi connectivity index (χ4v) is 3.07. The molecule has 0 aliphatic carbocycles. The maximum Gasteiger partial charge on any atom is 0.454 e. The Morgan fingerprint density at radius 2 is 1.83 bits per heavy atom. The van der Waals surface area contributed by atoms with Crippen LogP contribution < -0.4 is 9.47 Å². The van der Waals surface area contributed by atoms with E-state index < -0.39 is 7.12 Å². The fraction of sp³-hybridized carbons (Fsp3) is 0.333. The normalized spacial score (nSPS) is 17.4. The molecule has 2 aromatic carbocycles. The maximum atomic E-state index is 9.59. The molecule has 0 spiro atoms. The van der Waals surface area contributed by atoms with E-state index in [9.17, 15) is 5.02 Å². The molecule has 1 aliphatic rings. The Kier molecular flexibility index (Phi) is 4.60. The van der Waals surface area contributed by atoms with Gasteiger partial charge in [0.05, 0.1) is 14.2 Å². The first-order valence-corrected chi connectivity index (χ1v) is 7.74. The SMILES string of the molecule is COc1ccc(-c2cc(C)cc(C3COB(O)C3)c2)cc1OC. The summed E-state index contributed by atoms with van der Waals surface area (Å²) < 4.78 is 16.0. The highest BCUT2D eigenvalue weighted by atomic mass is 16.5. The first-order chi connectivity index (χ1) is 11.1. The predicted octanol–water partition coefficient (Wildman–Crippen LogP) is 3.27. The largest absolute Gasteiger partial charge is 0.493 e. The number of hydrogen-bond acceptors (Lipinski definition) is 4. The molecule has 1 aliphatic heterocycles. The molecule has 5 heteroatoms. The molecule has 0 bridgehead atoms. The van der Waals surface area contributed by atoms with E-state index in [-0.39, 0.29) is 5.92 Å². The van der Waals surface area contributed by atoms with Gasteiger partial charge in [0.1, 0.15) is 0 Å². The molecule has 0 aromatic heterocycles. The van der Waals surface area contributed by atoms with Crippen LogP contribution in [-0.2, 0) is 4.65 Å². The van der Waals surface area contributed by atoms with E-state index in [0.717, 1.165) is 16.9 Å². The Morgan fingerprint density at radius 1 is 1.04 bits per heavy atom. The van der Waals surface area contributed by atoms with Gasteiger partial charge in [-0.25, -0.2) is 0 Å². The zero-order valence-electron chi connectivity index (χ0n) is 13.7. The van der Waals surface area contributed by atoms with Gasteiger partial charge in [-0.3, -0.25) is 0 Å². The highest BCUT2D eigenvalue weighted by Gasteiger charge is 2.29. The highest BCUT2D eigenvalue weighted by molar-refractivity contribution is 6.43. The van der Waals surface area contributed by atoms with Crippen LogP contribution in [0.1, 0.15) is 17.0 Å². The van der Waals surface area contributed by atoms with Crippen LogP contribution in [0.25, 0.3) is 11.1 Å². The van der Waals surface area contributed by atoms with E-state index in [4.69, 9.17) is 14.1 Å². The molecule has 2 aromatic rings. The van der Waals surface area contributed by atoms with Crippen molar-refractivity contribution in [2.24, 2.45) is 0 Å². The molecular weight excluding hydrogens is 291 g/mol. The van der Waals surface area contributed by atoms with E-state index in [2.05, 4.69) is 25.1 Å². The van der Waals surface area contributed by atoms with Crippen LogP contribution >= 0.6 is 0 Å². The van der Waals surface area contributed by atoms with Crippen LogP contribution in [0.4, 0.5) is 0 Å². The quantitative estimate of drug-likeness (QED) is 0.880. The van der Waals surface area contributed by atoms with Crippen molar-refractivity contribution in [1.82, 2.24) is 0 Å². The molecule has 1 unspecified atom stereocenters. The van der Waals surface area contributed by atoms with Gasteiger partial charge >= 0.3 is 7.12 Å². The van der Waals surface area contributed by atoms with E-state index in [1.165, 1.54) is 11.1 Å². The summed E-state index contributed by atoms with van der Waals surface area (Å²) in [7, 11) is 2.62. The molecule has 0 saturated carbocycles. The topological polar surface area (TPSA) is 47.9 Å². The number of hydrogen-bond donors (Lipinski definition) is 1. The summed E-state index contributed by atoms with van der Waals surface area (Å²) in [5.41, 5.74) is 4.59. The molecule has 1 fully saturated rings. The molecule has 1 heterocycles. The van der Waals surface area contributed by atoms with Crippen molar-refractivity contribution >= 4 is 7.12 Å². The standard InChI is InChI=1S/C18H21BO4/c1-12-6-14(8-15(7-12)16-10-19(20)23-11-16)13-4-5-17(21-2)18(9-13)22-3/h4-9,16,20H,10-11H2,1-3H3. The van der Waals surface area contributed by atoms with Gasteiger partial charge in [-0.1, -0.05) is 29.8 Å². The van der Waals surface area contributed by atoms with Gasteiger partial charge in [0.2, 0.25) is 0 Å². The van der Waals surface area contributed by atoms with Gasteiger partial charge < -0.3 is 19.2 Å². The third kappa shape index (κ3) is 3.36. The maximum absolute atomic E-state index is 9.59. The monoisotopic (exact) mass is 312 g/mol. The summed E-state index contributed by atoms with van der Waals surface area (Å²) in [5, 5.41) is 9.59. The summed E-state index contributed by atoms with van der Waals surface area (Å²) in [4.78, 5) is 0. The molecule has 1 N–H and O–H groups in total. The lowest BCUT2D eigenvalue weighted by atomic mass is 9.79. The summed E-state index contributed by atoms with van der Waals surface area (Å²) in [6.45, 7) is 2.65. The zero-order chi connectivity index (χ0) is 16.4. The molecule has 1 atom stereocenters. The summed E-state index contributed by atoms with van der Waals surface area (Å²) >= 11 is 0. The van der Waals surface area contributed by atoms with Crippen LogP contribution in [0.3, 0.4) is 0 Å². The van der Waals surface area contributed by atoms with Crippen molar-refractivity contribution in [1.29, 1.82) is 0 Å². The Labute approximate surface area is 137 Å². The fourth-order valence-electron chi connectivity index (χ4n) is 3.07. The zero-order valence-corrected chi connectivity index (χ0v) is 13.7. The van der Waals surface area contributed by atoms with Gasteiger partial charge in [-0.2, -0.15) is 0 Å². The Balaban J connectivity index is 1.98. The third-order valence-corrected chi connectivity index (χ3v) is 4.26. The predicted molar refractivity (Wildman–Crippen MR) is 91.2 cm³/mol. The van der Waals surface area contributed by atoms with Crippen molar-refractivity contribution in [2.45, 2.75) is 19.2 Å². The number of ether oxygens (including phenoxy) is 2. The third-order valence-electron chi connectivity index (χ3n) is 4.26. The second kappa shape index (κ2) is 6.65. The van der Waals surface area contributed by atoms with Crippen molar-refractivity contribution in [3.8, 4) is 22.6 Å². The van der Waals surface area contributed by atoms with Crippen LogP contribution in [0.15, 0.2) is 36.4 Å². The van der Waals surface area contributed by atoms with E-state index in [1.807, 2.05) is 18.2 Å². The smallest absolute Gasteiger partial charge is 0.454 e. The molecule has 4 nitrogen and oxygen atoms in total. The second-order valence-electron chi connectivity index (χ2n) is 5.92. The van der Waals surface area contributed by atoms with Crippen molar-refractivity contribution in [3.05, 3.63) is 47.5 Å². The Morgan fingerprint density at radius 3 is 2.48 bits per heavy atom. The lowest BCUT2D eigenvalue weighted by Gasteiger charge is -2.14. The number of benzene rings is 2. The Hall–Kier alpha value is -1.98. The minimum absolute atomic E-state index is 0.240. The van der Waals surface area contributed by atoms with Crippen molar-refractivity contribution < 1.29 is 19.2 Å². The lowest BCUT2D eigenvalue weighted by Crippen LogP contribution is -2.07. The van der Waals surface area contributed by atoms with Crippen LogP contribution in [0.2, 0.25) is 6.32 Å². The van der Waals surface area contributed by atoms with Gasteiger partial charge in [-0.05, 0) is 42.1 Å². The van der Waals surface area contributed by atoms with Gasteiger partial charge in [0.25, 0.3) is 0 Å². The van der Waals surface area contributed by atoms with Crippen molar-refractivity contribution in [3.63, 3.8) is 0 Å². The summed E-state index contributed by atoms with van der Waals surface area (Å²) in [6.07, 6.45) is 0.648. The van der Waals surface area contributed by atoms with Crippen LogP contribution in [-0.4, -0.2) is 33.0 Å².